The van der Waals surface area contributed by atoms with Crippen LogP contribution in [-0.2, 0) is 0 Å². The third kappa shape index (κ3) is 2.96. The molecule has 0 saturated heterocycles. The van der Waals surface area contributed by atoms with Crippen LogP contribution in [0.15, 0.2) is 72.8 Å². The highest BCUT2D eigenvalue weighted by molar-refractivity contribution is 5.76. The lowest BCUT2D eigenvalue weighted by Crippen LogP contribution is -2.09. The minimum atomic E-state index is 0.275. The minimum Gasteiger partial charge on any atom is -0.508 e. The zero-order valence-corrected chi connectivity index (χ0v) is 12.8. The normalized spacial score (nSPS) is 10.5. The van der Waals surface area contributed by atoms with E-state index in [-0.39, 0.29) is 5.75 Å². The van der Waals surface area contributed by atoms with Gasteiger partial charge in [-0.1, -0.05) is 35.4 Å². The van der Waals surface area contributed by atoms with E-state index >= 15 is 0 Å². The number of phenols is 1. The average Bonchev–Trinajstić information content (AvgIpc) is 2.53. The van der Waals surface area contributed by atoms with Crippen LogP contribution in [0.5, 0.6) is 5.75 Å². The van der Waals surface area contributed by atoms with Crippen molar-refractivity contribution in [2.75, 3.05) is 4.90 Å². The Hall–Kier alpha value is -2.74. The molecular formula is C20H19NO. The van der Waals surface area contributed by atoms with Gasteiger partial charge in [0, 0.05) is 17.1 Å². The van der Waals surface area contributed by atoms with E-state index in [1.165, 1.54) is 11.1 Å². The summed E-state index contributed by atoms with van der Waals surface area (Å²) in [4.78, 5) is 2.18. The molecule has 0 unspecified atom stereocenters. The summed E-state index contributed by atoms with van der Waals surface area (Å²) in [6.45, 7) is 4.17. The summed E-state index contributed by atoms with van der Waals surface area (Å²) in [6.07, 6.45) is 0. The topological polar surface area (TPSA) is 23.5 Å². The largest absolute Gasteiger partial charge is 0.508 e. The summed E-state index contributed by atoms with van der Waals surface area (Å²) in [7, 11) is 0. The van der Waals surface area contributed by atoms with Crippen LogP contribution >= 0.6 is 0 Å². The van der Waals surface area contributed by atoms with Gasteiger partial charge in [-0.05, 0) is 62.4 Å². The van der Waals surface area contributed by atoms with Crippen LogP contribution in [-0.4, -0.2) is 5.11 Å². The lowest BCUT2D eigenvalue weighted by Gasteiger charge is -2.25. The Bertz CT molecular complexity index is 635. The maximum atomic E-state index is 9.53. The first kappa shape index (κ1) is 14.2. The Morgan fingerprint density at radius 3 is 1.23 bits per heavy atom. The standard InChI is InChI=1S/C20H19NO/c1-15-3-7-17(8-4-15)21(18-9-5-16(2)6-10-18)19-11-13-20(22)14-12-19/h3-14,22H,1-2H3. The fraction of sp³-hybridized carbons (Fsp3) is 0.100. The van der Waals surface area contributed by atoms with Gasteiger partial charge in [0.1, 0.15) is 5.75 Å². The van der Waals surface area contributed by atoms with Gasteiger partial charge in [0.25, 0.3) is 0 Å². The van der Waals surface area contributed by atoms with Gasteiger partial charge in [-0.25, -0.2) is 0 Å². The summed E-state index contributed by atoms with van der Waals surface area (Å²) < 4.78 is 0. The van der Waals surface area contributed by atoms with Crippen LogP contribution < -0.4 is 4.90 Å². The fourth-order valence-electron chi connectivity index (χ4n) is 2.44. The summed E-state index contributed by atoms with van der Waals surface area (Å²) in [5, 5.41) is 9.53. The molecule has 3 rings (SSSR count). The van der Waals surface area contributed by atoms with Crippen LogP contribution in [0, 0.1) is 13.8 Å². The van der Waals surface area contributed by atoms with E-state index in [0.717, 1.165) is 17.1 Å². The number of aromatic hydroxyl groups is 1. The van der Waals surface area contributed by atoms with Gasteiger partial charge >= 0.3 is 0 Å². The molecule has 0 fully saturated rings. The van der Waals surface area contributed by atoms with Crippen molar-refractivity contribution >= 4 is 17.1 Å². The Morgan fingerprint density at radius 2 is 0.864 bits per heavy atom. The second kappa shape index (κ2) is 5.94. The van der Waals surface area contributed by atoms with Crippen LogP contribution in [0.2, 0.25) is 0 Å². The molecule has 0 aromatic heterocycles. The number of hydrogen-bond acceptors (Lipinski definition) is 2. The predicted octanol–water partition coefficient (Wildman–Crippen LogP) is 5.48. The maximum Gasteiger partial charge on any atom is 0.115 e. The molecule has 110 valence electrons. The molecule has 0 amide bonds. The highest BCUT2D eigenvalue weighted by atomic mass is 16.3. The van der Waals surface area contributed by atoms with Crippen molar-refractivity contribution in [1.29, 1.82) is 0 Å². The Labute approximate surface area is 131 Å². The van der Waals surface area contributed by atoms with E-state index in [0.29, 0.717) is 0 Å². The number of nitrogens with zero attached hydrogens (tertiary/aromatic N) is 1. The number of anilines is 3. The molecule has 22 heavy (non-hydrogen) atoms. The van der Waals surface area contributed by atoms with Gasteiger partial charge in [-0.3, -0.25) is 0 Å². The molecule has 0 aliphatic carbocycles. The monoisotopic (exact) mass is 289 g/mol. The molecule has 0 radical (unpaired) electrons. The van der Waals surface area contributed by atoms with Crippen molar-refractivity contribution in [2.45, 2.75) is 13.8 Å². The van der Waals surface area contributed by atoms with E-state index < -0.39 is 0 Å². The molecule has 0 spiro atoms. The predicted molar refractivity (Wildman–Crippen MR) is 92.3 cm³/mol. The second-order valence-corrected chi connectivity index (χ2v) is 5.52. The molecule has 3 aromatic carbocycles. The third-order valence-electron chi connectivity index (χ3n) is 3.69. The van der Waals surface area contributed by atoms with Gasteiger partial charge in [0.15, 0.2) is 0 Å². The molecule has 0 aliphatic heterocycles. The minimum absolute atomic E-state index is 0.275. The summed E-state index contributed by atoms with van der Waals surface area (Å²) in [5.41, 5.74) is 5.68. The van der Waals surface area contributed by atoms with E-state index in [1.807, 2.05) is 12.1 Å². The molecule has 2 heteroatoms. The molecule has 2 nitrogen and oxygen atoms in total. The SMILES string of the molecule is Cc1ccc(N(c2ccc(C)cc2)c2ccc(O)cc2)cc1. The Morgan fingerprint density at radius 1 is 0.545 bits per heavy atom. The average molecular weight is 289 g/mol. The summed E-state index contributed by atoms with van der Waals surface area (Å²) >= 11 is 0. The Kier molecular flexibility index (Phi) is 3.84. The number of hydrogen-bond donors (Lipinski definition) is 1. The van der Waals surface area contributed by atoms with Crippen molar-refractivity contribution < 1.29 is 5.11 Å². The Balaban J connectivity index is 2.10. The van der Waals surface area contributed by atoms with Crippen molar-refractivity contribution in [3.8, 4) is 5.75 Å². The first-order valence-corrected chi connectivity index (χ1v) is 7.36. The lowest BCUT2D eigenvalue weighted by molar-refractivity contribution is 0.475. The smallest absolute Gasteiger partial charge is 0.115 e. The zero-order valence-electron chi connectivity index (χ0n) is 12.8. The summed E-state index contributed by atoms with van der Waals surface area (Å²) in [5.74, 6) is 0.275. The molecule has 0 atom stereocenters. The van der Waals surface area contributed by atoms with Gasteiger partial charge in [-0.2, -0.15) is 0 Å². The number of rotatable bonds is 3. The molecule has 0 bridgehead atoms. The van der Waals surface area contributed by atoms with Crippen molar-refractivity contribution in [1.82, 2.24) is 0 Å². The van der Waals surface area contributed by atoms with E-state index in [4.69, 9.17) is 0 Å². The maximum absolute atomic E-state index is 9.53. The highest BCUT2D eigenvalue weighted by Crippen LogP contribution is 2.35. The quantitative estimate of drug-likeness (QED) is 0.690. The molecular weight excluding hydrogens is 270 g/mol. The second-order valence-electron chi connectivity index (χ2n) is 5.52. The third-order valence-corrected chi connectivity index (χ3v) is 3.69. The molecule has 0 saturated carbocycles. The van der Waals surface area contributed by atoms with Crippen LogP contribution in [0.1, 0.15) is 11.1 Å². The molecule has 0 heterocycles. The van der Waals surface area contributed by atoms with Crippen LogP contribution in [0.4, 0.5) is 17.1 Å². The van der Waals surface area contributed by atoms with Gasteiger partial charge in [0.05, 0.1) is 0 Å². The van der Waals surface area contributed by atoms with E-state index in [9.17, 15) is 5.11 Å². The van der Waals surface area contributed by atoms with E-state index in [1.54, 1.807) is 12.1 Å². The number of aryl methyl sites for hydroxylation is 2. The first-order valence-electron chi connectivity index (χ1n) is 7.36. The number of benzene rings is 3. The fourth-order valence-corrected chi connectivity index (χ4v) is 2.44. The lowest BCUT2D eigenvalue weighted by atomic mass is 10.1. The van der Waals surface area contributed by atoms with Gasteiger partial charge in [-0.15, -0.1) is 0 Å². The molecule has 3 aromatic rings. The van der Waals surface area contributed by atoms with Crippen molar-refractivity contribution in [3.05, 3.63) is 83.9 Å². The summed E-state index contributed by atoms with van der Waals surface area (Å²) in [6, 6.07) is 24.2. The number of phenolic OH excluding ortho intramolecular Hbond substituents is 1. The highest BCUT2D eigenvalue weighted by Gasteiger charge is 2.11. The van der Waals surface area contributed by atoms with Crippen LogP contribution in [0.3, 0.4) is 0 Å². The van der Waals surface area contributed by atoms with Gasteiger partial charge < -0.3 is 10.0 Å². The first-order chi connectivity index (χ1) is 10.6. The molecule has 0 aliphatic rings. The van der Waals surface area contributed by atoms with E-state index in [2.05, 4.69) is 67.3 Å². The molecule has 1 N–H and O–H groups in total. The zero-order chi connectivity index (χ0) is 15.5. The van der Waals surface area contributed by atoms with Crippen molar-refractivity contribution in [2.24, 2.45) is 0 Å². The van der Waals surface area contributed by atoms with Gasteiger partial charge in [0.2, 0.25) is 0 Å². The van der Waals surface area contributed by atoms with Crippen LogP contribution in [0.25, 0.3) is 0 Å². The van der Waals surface area contributed by atoms with Crippen molar-refractivity contribution in [3.63, 3.8) is 0 Å².